The van der Waals surface area contributed by atoms with Gasteiger partial charge in [-0.3, -0.25) is 9.59 Å². The van der Waals surface area contributed by atoms with Crippen molar-refractivity contribution in [2.24, 2.45) is 5.92 Å². The highest BCUT2D eigenvalue weighted by atomic mass is 16.2. The molecule has 0 spiro atoms. The molecule has 0 aromatic carbocycles. The summed E-state index contributed by atoms with van der Waals surface area (Å²) in [5, 5.41) is 3.52. The molecule has 1 saturated carbocycles. The number of carbonyl (C=O) groups excluding carboxylic acids is 2. The minimum Gasteiger partial charge on any atom is -0.360 e. The minimum atomic E-state index is -0.284. The number of likely N-dealkylation sites (N-methyl/N-ethyl adjacent to an activating group) is 1. The van der Waals surface area contributed by atoms with Crippen LogP contribution in [0.15, 0.2) is 31.0 Å². The molecule has 0 radical (unpaired) electrons. The summed E-state index contributed by atoms with van der Waals surface area (Å²) in [4.78, 5) is 42.0. The molecule has 31 heavy (non-hydrogen) atoms. The summed E-state index contributed by atoms with van der Waals surface area (Å²) < 4.78 is 0. The van der Waals surface area contributed by atoms with Crippen molar-refractivity contribution in [1.82, 2.24) is 24.8 Å². The van der Waals surface area contributed by atoms with Gasteiger partial charge in [-0.05, 0) is 50.7 Å². The number of hydrogen-bond donors (Lipinski definition) is 1. The van der Waals surface area contributed by atoms with Crippen LogP contribution in [-0.4, -0.2) is 62.7 Å². The van der Waals surface area contributed by atoms with Gasteiger partial charge in [-0.1, -0.05) is 0 Å². The van der Waals surface area contributed by atoms with Crippen LogP contribution in [0.3, 0.4) is 0 Å². The third kappa shape index (κ3) is 3.75. The molecule has 2 aliphatic heterocycles. The van der Waals surface area contributed by atoms with Crippen molar-refractivity contribution in [3.8, 4) is 0 Å². The number of carbonyl (C=O) groups is 2. The number of rotatable bonds is 4. The Kier molecular flexibility index (Phi) is 4.87. The fourth-order valence-electron chi connectivity index (χ4n) is 4.66. The van der Waals surface area contributed by atoms with Gasteiger partial charge in [-0.15, -0.1) is 0 Å². The highest BCUT2D eigenvalue weighted by Crippen LogP contribution is 2.36. The van der Waals surface area contributed by atoms with Gasteiger partial charge in [0.05, 0.1) is 17.1 Å². The summed E-state index contributed by atoms with van der Waals surface area (Å²) in [7, 11) is 1.88. The molecule has 1 aliphatic carbocycles. The van der Waals surface area contributed by atoms with Crippen LogP contribution in [0.4, 0.5) is 5.82 Å². The van der Waals surface area contributed by atoms with Crippen molar-refractivity contribution >= 4 is 17.6 Å². The van der Waals surface area contributed by atoms with Gasteiger partial charge in [-0.2, -0.15) is 0 Å². The normalized spacial score (nSPS) is 25.0. The Hall–Kier alpha value is -3.03. The quantitative estimate of drug-likeness (QED) is 0.816. The van der Waals surface area contributed by atoms with E-state index in [2.05, 4.69) is 27.2 Å². The van der Waals surface area contributed by atoms with Gasteiger partial charge in [-0.25, -0.2) is 15.0 Å². The summed E-state index contributed by atoms with van der Waals surface area (Å²) in [6.07, 6.45) is 11.4. The highest BCUT2D eigenvalue weighted by Gasteiger charge is 2.38. The van der Waals surface area contributed by atoms with Crippen molar-refractivity contribution in [3.05, 3.63) is 47.7 Å². The molecule has 3 aliphatic rings. The van der Waals surface area contributed by atoms with Gasteiger partial charge in [0.15, 0.2) is 0 Å². The number of aryl methyl sites for hydroxylation is 1. The molecule has 0 unspecified atom stereocenters. The summed E-state index contributed by atoms with van der Waals surface area (Å²) in [6.45, 7) is 3.39. The van der Waals surface area contributed by atoms with E-state index in [0.717, 1.165) is 49.0 Å². The largest absolute Gasteiger partial charge is 0.360 e. The van der Waals surface area contributed by atoms with Gasteiger partial charge in [0.1, 0.15) is 12.1 Å². The Labute approximate surface area is 182 Å². The first-order valence-electron chi connectivity index (χ1n) is 11.0. The molecule has 8 nitrogen and oxygen atoms in total. The first kappa shape index (κ1) is 19.9. The number of hydrogen-bond acceptors (Lipinski definition) is 6. The van der Waals surface area contributed by atoms with E-state index in [0.29, 0.717) is 18.7 Å². The maximum absolute atomic E-state index is 13.1. The van der Waals surface area contributed by atoms with Crippen molar-refractivity contribution in [2.75, 3.05) is 25.5 Å². The maximum Gasteiger partial charge on any atom is 0.255 e. The van der Waals surface area contributed by atoms with Crippen molar-refractivity contribution in [3.63, 3.8) is 0 Å². The maximum atomic E-state index is 13.1. The molecule has 2 aromatic heterocycles. The fourth-order valence-corrected chi connectivity index (χ4v) is 4.66. The molecule has 4 heterocycles. The predicted octanol–water partition coefficient (Wildman–Crippen LogP) is 2.23. The number of amides is 2. The van der Waals surface area contributed by atoms with Crippen LogP contribution in [0, 0.1) is 5.92 Å². The third-order valence-electron chi connectivity index (χ3n) is 6.97. The molecule has 2 aromatic rings. The van der Waals surface area contributed by atoms with E-state index in [1.165, 1.54) is 6.33 Å². The van der Waals surface area contributed by atoms with E-state index in [4.69, 9.17) is 0 Å². The van der Waals surface area contributed by atoms with Crippen LogP contribution in [0.2, 0.25) is 0 Å². The van der Waals surface area contributed by atoms with E-state index in [1.54, 1.807) is 6.20 Å². The average Bonchev–Trinajstić information content (AvgIpc) is 3.54. The Morgan fingerprint density at radius 1 is 1.19 bits per heavy atom. The van der Waals surface area contributed by atoms with Crippen molar-refractivity contribution < 1.29 is 9.59 Å². The van der Waals surface area contributed by atoms with Gasteiger partial charge in [0, 0.05) is 50.2 Å². The topological polar surface area (TPSA) is 91.3 Å². The van der Waals surface area contributed by atoms with E-state index < -0.39 is 0 Å². The zero-order valence-electron chi connectivity index (χ0n) is 18.0. The molecule has 8 heteroatoms. The van der Waals surface area contributed by atoms with Crippen molar-refractivity contribution in [1.29, 1.82) is 0 Å². The lowest BCUT2D eigenvalue weighted by atomic mass is 9.84. The van der Waals surface area contributed by atoms with Crippen LogP contribution < -0.4 is 5.32 Å². The zero-order valence-corrected chi connectivity index (χ0v) is 18.0. The lowest BCUT2D eigenvalue weighted by molar-refractivity contribution is -0.133. The second-order valence-electron chi connectivity index (χ2n) is 9.23. The fraction of sp³-hybridized carbons (Fsp3) is 0.522. The number of nitrogens with one attached hydrogen (secondary N) is 1. The number of likely N-dealkylation sites (tertiary alicyclic amines) is 1. The number of pyridine rings is 1. The van der Waals surface area contributed by atoms with E-state index >= 15 is 0 Å². The summed E-state index contributed by atoms with van der Waals surface area (Å²) in [5.41, 5.74) is 2.41. The molecule has 2 fully saturated rings. The Morgan fingerprint density at radius 2 is 1.97 bits per heavy atom. The molecular formula is C23H28N6O2. The summed E-state index contributed by atoms with van der Waals surface area (Å²) in [6, 6.07) is 2.07. The standard InChI is InChI=1S/C23H28N6O2/c1-23(18-11-24-14-25-12-18)7-5-16-9-17(10-26-20(16)27-23)22(31)29-8-6-19(13-29)28(2)21(30)15-3-4-15/h9-12,14-15,19H,3-8,13H2,1-2H3,(H,26,27)/t19-,23-/m0/s1. The number of nitrogens with zero attached hydrogens (tertiary/aromatic N) is 5. The SMILES string of the molecule is CN(C(=O)C1CC1)[C@H]1CCN(C(=O)c2cnc3c(c2)CC[C@@](C)(c2cncnc2)N3)C1. The van der Waals surface area contributed by atoms with E-state index in [9.17, 15) is 9.59 Å². The van der Waals surface area contributed by atoms with Gasteiger partial charge < -0.3 is 15.1 Å². The second-order valence-corrected chi connectivity index (χ2v) is 9.23. The minimum absolute atomic E-state index is 0.00475. The lowest BCUT2D eigenvalue weighted by Gasteiger charge is -2.36. The number of fused-ring (bicyclic) bond motifs is 1. The molecular weight excluding hydrogens is 392 g/mol. The summed E-state index contributed by atoms with van der Waals surface area (Å²) >= 11 is 0. The zero-order chi connectivity index (χ0) is 21.6. The molecule has 5 rings (SSSR count). The van der Waals surface area contributed by atoms with Crippen LogP contribution in [0.5, 0.6) is 0 Å². The Morgan fingerprint density at radius 3 is 2.71 bits per heavy atom. The van der Waals surface area contributed by atoms with Gasteiger partial charge in [0.2, 0.25) is 5.91 Å². The molecule has 2 amide bonds. The highest BCUT2D eigenvalue weighted by molar-refractivity contribution is 5.94. The molecule has 0 bridgehead atoms. The molecule has 1 N–H and O–H groups in total. The van der Waals surface area contributed by atoms with E-state index in [-0.39, 0.29) is 29.3 Å². The smallest absolute Gasteiger partial charge is 0.255 e. The second kappa shape index (κ2) is 7.59. The molecule has 2 atom stereocenters. The van der Waals surface area contributed by atoms with Crippen molar-refractivity contribution in [2.45, 2.75) is 50.6 Å². The number of anilines is 1. The average molecular weight is 421 g/mol. The first-order chi connectivity index (χ1) is 14.9. The molecule has 162 valence electrons. The Balaban J connectivity index is 1.27. The summed E-state index contributed by atoms with van der Waals surface area (Å²) in [5.74, 6) is 1.24. The Bertz CT molecular complexity index is 1010. The van der Waals surface area contributed by atoms with E-state index in [1.807, 2.05) is 35.3 Å². The number of aromatic nitrogens is 3. The van der Waals surface area contributed by atoms with Crippen LogP contribution in [0.1, 0.15) is 54.1 Å². The third-order valence-corrected chi connectivity index (χ3v) is 6.97. The molecule has 1 saturated heterocycles. The van der Waals surface area contributed by atoms with Gasteiger partial charge >= 0.3 is 0 Å². The van der Waals surface area contributed by atoms with Crippen LogP contribution in [0.25, 0.3) is 0 Å². The van der Waals surface area contributed by atoms with Crippen LogP contribution >= 0.6 is 0 Å². The van der Waals surface area contributed by atoms with Crippen LogP contribution in [-0.2, 0) is 16.8 Å². The monoisotopic (exact) mass is 420 g/mol. The first-order valence-corrected chi connectivity index (χ1v) is 11.0. The van der Waals surface area contributed by atoms with Gasteiger partial charge in [0.25, 0.3) is 5.91 Å². The lowest BCUT2D eigenvalue weighted by Crippen LogP contribution is -2.41. The predicted molar refractivity (Wildman–Crippen MR) is 115 cm³/mol.